The van der Waals surface area contributed by atoms with Gasteiger partial charge in [-0.2, -0.15) is 0 Å². The normalized spacial score (nSPS) is 17.4. The van der Waals surface area contributed by atoms with E-state index < -0.39 is 0 Å². The minimum atomic E-state index is 0.0853. The fourth-order valence-corrected chi connectivity index (χ4v) is 1.83. The molecule has 1 aliphatic carbocycles. The van der Waals surface area contributed by atoms with Crippen molar-refractivity contribution >= 4 is 0 Å². The number of rotatable bonds is 6. The van der Waals surface area contributed by atoms with Gasteiger partial charge in [0, 0.05) is 37.7 Å². The van der Waals surface area contributed by atoms with Crippen molar-refractivity contribution in [3.63, 3.8) is 0 Å². The Hall–Kier alpha value is -1.00. The lowest BCUT2D eigenvalue weighted by Crippen LogP contribution is -2.22. The van der Waals surface area contributed by atoms with Gasteiger partial charge in [-0.3, -0.25) is 0 Å². The summed E-state index contributed by atoms with van der Waals surface area (Å²) < 4.78 is 5.46. The maximum Gasteiger partial charge on any atom is 0.157 e. The monoisotopic (exact) mass is 235 g/mol. The average Bonchev–Trinajstić information content (AvgIpc) is 3.13. The van der Waals surface area contributed by atoms with E-state index >= 15 is 0 Å². The fraction of sp³-hybridized carbons (Fsp3) is 0.692. The minimum Gasteiger partial charge on any atom is -0.373 e. The molecule has 0 spiro atoms. The maximum atomic E-state index is 5.46. The number of hydrogen-bond acceptors (Lipinski definition) is 4. The summed E-state index contributed by atoms with van der Waals surface area (Å²) in [5.41, 5.74) is 1.12. The van der Waals surface area contributed by atoms with E-state index in [2.05, 4.69) is 29.1 Å². The highest BCUT2D eigenvalue weighted by Gasteiger charge is 2.34. The van der Waals surface area contributed by atoms with Gasteiger partial charge < -0.3 is 10.1 Å². The molecule has 2 rings (SSSR count). The molecule has 4 nitrogen and oxygen atoms in total. The summed E-state index contributed by atoms with van der Waals surface area (Å²) >= 11 is 0. The number of hydrogen-bond donors (Lipinski definition) is 1. The summed E-state index contributed by atoms with van der Waals surface area (Å²) in [6.45, 7) is 5.07. The molecule has 1 saturated carbocycles. The van der Waals surface area contributed by atoms with Crippen LogP contribution >= 0.6 is 0 Å². The third-order valence-electron chi connectivity index (χ3n) is 3.00. The summed E-state index contributed by atoms with van der Waals surface area (Å²) in [5.74, 6) is 1.45. The Morgan fingerprint density at radius 3 is 2.47 bits per heavy atom. The zero-order chi connectivity index (χ0) is 12.3. The number of ether oxygens (including phenoxy) is 1. The quantitative estimate of drug-likeness (QED) is 0.820. The smallest absolute Gasteiger partial charge is 0.157 e. The molecular formula is C13H21N3O. The third-order valence-corrected chi connectivity index (χ3v) is 3.00. The van der Waals surface area contributed by atoms with Gasteiger partial charge in [-0.25, -0.2) is 9.97 Å². The number of aromatic nitrogens is 2. The lowest BCUT2D eigenvalue weighted by Gasteiger charge is -2.13. The van der Waals surface area contributed by atoms with Gasteiger partial charge in [0.05, 0.1) is 0 Å². The summed E-state index contributed by atoms with van der Waals surface area (Å²) in [5, 5.41) is 3.35. The topological polar surface area (TPSA) is 47.0 Å². The van der Waals surface area contributed by atoms with Crippen LogP contribution in [0.5, 0.6) is 0 Å². The number of nitrogens with one attached hydrogen (secondary N) is 1. The van der Waals surface area contributed by atoms with Gasteiger partial charge in [0.25, 0.3) is 0 Å². The molecule has 1 unspecified atom stereocenters. The first-order chi connectivity index (χ1) is 8.20. The first kappa shape index (κ1) is 12.5. The SMILES string of the molecule is COC(c1ncc(CNC(C)C)cn1)C1CC1. The molecule has 1 fully saturated rings. The second-order valence-electron chi connectivity index (χ2n) is 4.98. The van der Waals surface area contributed by atoms with Crippen LogP contribution in [0.3, 0.4) is 0 Å². The molecule has 0 aliphatic heterocycles. The molecule has 1 aromatic heterocycles. The van der Waals surface area contributed by atoms with Gasteiger partial charge in [-0.15, -0.1) is 0 Å². The first-order valence-electron chi connectivity index (χ1n) is 6.27. The molecule has 17 heavy (non-hydrogen) atoms. The molecule has 94 valence electrons. The largest absolute Gasteiger partial charge is 0.373 e. The number of nitrogens with zero attached hydrogens (tertiary/aromatic N) is 2. The molecule has 1 aliphatic rings. The van der Waals surface area contributed by atoms with Crippen molar-refractivity contribution in [3.8, 4) is 0 Å². The van der Waals surface area contributed by atoms with E-state index in [1.165, 1.54) is 12.8 Å². The van der Waals surface area contributed by atoms with Crippen LogP contribution in [0, 0.1) is 5.92 Å². The molecule has 0 saturated heterocycles. The van der Waals surface area contributed by atoms with E-state index in [9.17, 15) is 0 Å². The molecule has 4 heteroatoms. The van der Waals surface area contributed by atoms with Crippen LogP contribution in [0.2, 0.25) is 0 Å². The van der Waals surface area contributed by atoms with Crippen molar-refractivity contribution in [1.29, 1.82) is 0 Å². The zero-order valence-corrected chi connectivity index (χ0v) is 10.8. The summed E-state index contributed by atoms with van der Waals surface area (Å²) in [6, 6.07) is 0.480. The van der Waals surface area contributed by atoms with Gasteiger partial charge in [0.15, 0.2) is 5.82 Å². The lowest BCUT2D eigenvalue weighted by atomic mass is 10.2. The third kappa shape index (κ3) is 3.48. The van der Waals surface area contributed by atoms with Crippen LogP contribution in [-0.4, -0.2) is 23.1 Å². The van der Waals surface area contributed by atoms with Crippen LogP contribution in [-0.2, 0) is 11.3 Å². The Labute approximate surface area is 103 Å². The van der Waals surface area contributed by atoms with Crippen molar-refractivity contribution in [2.75, 3.05) is 7.11 Å². The Bertz CT molecular complexity index is 346. The van der Waals surface area contributed by atoms with Crippen molar-refractivity contribution < 1.29 is 4.74 Å². The minimum absolute atomic E-state index is 0.0853. The Morgan fingerprint density at radius 1 is 1.35 bits per heavy atom. The van der Waals surface area contributed by atoms with Crippen LogP contribution in [0.1, 0.15) is 44.2 Å². The standard InChI is InChI=1S/C13H21N3O/c1-9(2)14-6-10-7-15-13(16-8-10)12(17-3)11-4-5-11/h7-9,11-12,14H,4-6H2,1-3H3. The van der Waals surface area contributed by atoms with E-state index in [0.29, 0.717) is 12.0 Å². The lowest BCUT2D eigenvalue weighted by molar-refractivity contribution is 0.0771. The maximum absolute atomic E-state index is 5.46. The van der Waals surface area contributed by atoms with Gasteiger partial charge in [-0.1, -0.05) is 13.8 Å². The predicted molar refractivity (Wildman–Crippen MR) is 66.5 cm³/mol. The molecule has 1 heterocycles. The summed E-state index contributed by atoms with van der Waals surface area (Å²) in [6.07, 6.45) is 6.34. The van der Waals surface area contributed by atoms with Gasteiger partial charge >= 0.3 is 0 Å². The molecule has 1 N–H and O–H groups in total. The second-order valence-corrected chi connectivity index (χ2v) is 4.98. The highest BCUT2D eigenvalue weighted by Crippen LogP contribution is 2.41. The molecule has 0 amide bonds. The first-order valence-corrected chi connectivity index (χ1v) is 6.27. The zero-order valence-electron chi connectivity index (χ0n) is 10.8. The second kappa shape index (κ2) is 5.56. The summed E-state index contributed by atoms with van der Waals surface area (Å²) in [7, 11) is 1.74. The number of methoxy groups -OCH3 is 1. The van der Waals surface area contributed by atoms with Crippen molar-refractivity contribution in [2.24, 2.45) is 5.92 Å². The molecule has 0 radical (unpaired) electrons. The van der Waals surface area contributed by atoms with Crippen LogP contribution < -0.4 is 5.32 Å². The van der Waals surface area contributed by atoms with E-state index in [1.807, 2.05) is 12.4 Å². The molecule has 1 aromatic rings. The molecule has 0 bridgehead atoms. The molecule has 0 aromatic carbocycles. The fourth-order valence-electron chi connectivity index (χ4n) is 1.83. The van der Waals surface area contributed by atoms with Crippen molar-refractivity contribution in [1.82, 2.24) is 15.3 Å². The van der Waals surface area contributed by atoms with Crippen molar-refractivity contribution in [2.45, 2.75) is 45.4 Å². The Balaban J connectivity index is 1.96. The Kier molecular flexibility index (Phi) is 4.07. The van der Waals surface area contributed by atoms with E-state index in [-0.39, 0.29) is 6.10 Å². The molecular weight excluding hydrogens is 214 g/mol. The highest BCUT2D eigenvalue weighted by molar-refractivity contribution is 5.08. The highest BCUT2D eigenvalue weighted by atomic mass is 16.5. The average molecular weight is 235 g/mol. The van der Waals surface area contributed by atoms with E-state index in [0.717, 1.165) is 17.9 Å². The summed E-state index contributed by atoms with van der Waals surface area (Å²) in [4.78, 5) is 8.83. The van der Waals surface area contributed by atoms with Crippen molar-refractivity contribution in [3.05, 3.63) is 23.8 Å². The van der Waals surface area contributed by atoms with Crippen LogP contribution in [0.25, 0.3) is 0 Å². The predicted octanol–water partition coefficient (Wildman–Crippen LogP) is 2.07. The molecule has 1 atom stereocenters. The van der Waals surface area contributed by atoms with Crippen LogP contribution in [0.15, 0.2) is 12.4 Å². The Morgan fingerprint density at radius 2 is 2.00 bits per heavy atom. The van der Waals surface area contributed by atoms with Crippen LogP contribution in [0.4, 0.5) is 0 Å². The van der Waals surface area contributed by atoms with Gasteiger partial charge in [0.1, 0.15) is 6.10 Å². The van der Waals surface area contributed by atoms with E-state index in [4.69, 9.17) is 4.74 Å². The van der Waals surface area contributed by atoms with Gasteiger partial charge in [0.2, 0.25) is 0 Å². The van der Waals surface area contributed by atoms with E-state index in [1.54, 1.807) is 7.11 Å². The van der Waals surface area contributed by atoms with Gasteiger partial charge in [-0.05, 0) is 18.8 Å².